The van der Waals surface area contributed by atoms with Gasteiger partial charge in [-0.3, -0.25) is 9.48 Å². The molecule has 0 aliphatic carbocycles. The normalized spacial score (nSPS) is 19.7. The first-order chi connectivity index (χ1) is 9.10. The zero-order chi connectivity index (χ0) is 13.8. The van der Waals surface area contributed by atoms with E-state index >= 15 is 0 Å². The number of piperidine rings is 1. The average molecular weight is 265 g/mol. The van der Waals surface area contributed by atoms with Crippen LogP contribution in [-0.4, -0.2) is 45.4 Å². The molecular formula is C14H23N3O2. The lowest BCUT2D eigenvalue weighted by atomic mass is 9.99. The van der Waals surface area contributed by atoms with Crippen LogP contribution < -0.4 is 0 Å². The predicted molar refractivity (Wildman–Crippen MR) is 72.7 cm³/mol. The Balaban J connectivity index is 1.85. The standard InChI is InChI=1S/C14H23N3O2/c1-11-8-12(2)17(15-11)7-5-14(19)16-6-3-4-13(9-16)10-18/h8,13,18H,3-7,9-10H2,1-2H3. The quantitative estimate of drug-likeness (QED) is 0.887. The van der Waals surface area contributed by atoms with Gasteiger partial charge in [0.25, 0.3) is 0 Å². The second-order valence-corrected chi connectivity index (χ2v) is 5.43. The van der Waals surface area contributed by atoms with Crippen molar-refractivity contribution in [3.63, 3.8) is 0 Å². The van der Waals surface area contributed by atoms with Gasteiger partial charge in [-0.2, -0.15) is 5.10 Å². The molecule has 1 N–H and O–H groups in total. The van der Waals surface area contributed by atoms with Crippen LogP contribution in [0.15, 0.2) is 6.07 Å². The molecule has 1 aliphatic heterocycles. The first kappa shape index (κ1) is 14.1. The van der Waals surface area contributed by atoms with E-state index in [9.17, 15) is 9.90 Å². The number of rotatable bonds is 4. The zero-order valence-electron chi connectivity index (χ0n) is 11.8. The third-order valence-electron chi connectivity index (χ3n) is 3.77. The number of hydrogen-bond donors (Lipinski definition) is 1. The van der Waals surface area contributed by atoms with Crippen molar-refractivity contribution in [3.8, 4) is 0 Å². The van der Waals surface area contributed by atoms with E-state index < -0.39 is 0 Å². The Labute approximate surface area is 114 Å². The lowest BCUT2D eigenvalue weighted by Gasteiger charge is -2.32. The molecule has 2 rings (SSSR count). The SMILES string of the molecule is Cc1cc(C)n(CCC(=O)N2CCCC(CO)C2)n1. The highest BCUT2D eigenvalue weighted by molar-refractivity contribution is 5.76. The number of aryl methyl sites for hydroxylation is 3. The summed E-state index contributed by atoms with van der Waals surface area (Å²) < 4.78 is 1.89. The summed E-state index contributed by atoms with van der Waals surface area (Å²) in [6.07, 6.45) is 2.51. The second kappa shape index (κ2) is 6.19. The van der Waals surface area contributed by atoms with Crippen LogP contribution in [0.5, 0.6) is 0 Å². The van der Waals surface area contributed by atoms with E-state index in [0.29, 0.717) is 19.5 Å². The molecule has 1 saturated heterocycles. The molecular weight excluding hydrogens is 242 g/mol. The minimum absolute atomic E-state index is 0.172. The maximum Gasteiger partial charge on any atom is 0.224 e. The molecule has 2 heterocycles. The van der Waals surface area contributed by atoms with E-state index in [2.05, 4.69) is 5.10 Å². The van der Waals surface area contributed by atoms with Crippen molar-refractivity contribution < 1.29 is 9.90 Å². The Kier molecular flexibility index (Phi) is 4.58. The van der Waals surface area contributed by atoms with Crippen LogP contribution in [0.4, 0.5) is 0 Å². The Bertz CT molecular complexity index is 442. The molecule has 1 amide bonds. The van der Waals surface area contributed by atoms with E-state index in [1.807, 2.05) is 29.5 Å². The summed E-state index contributed by atoms with van der Waals surface area (Å²) in [5.41, 5.74) is 2.08. The van der Waals surface area contributed by atoms with Gasteiger partial charge in [-0.25, -0.2) is 0 Å². The number of aliphatic hydroxyl groups is 1. The molecule has 0 bridgehead atoms. The minimum atomic E-state index is 0.172. The maximum atomic E-state index is 12.2. The summed E-state index contributed by atoms with van der Waals surface area (Å²) in [5, 5.41) is 13.5. The smallest absolute Gasteiger partial charge is 0.224 e. The van der Waals surface area contributed by atoms with E-state index in [4.69, 9.17) is 0 Å². The number of aromatic nitrogens is 2. The number of nitrogens with zero attached hydrogens (tertiary/aromatic N) is 3. The van der Waals surface area contributed by atoms with Gasteiger partial charge in [0.2, 0.25) is 5.91 Å². The Morgan fingerprint density at radius 1 is 1.53 bits per heavy atom. The summed E-state index contributed by atoms with van der Waals surface area (Å²) in [4.78, 5) is 14.0. The molecule has 1 fully saturated rings. The lowest BCUT2D eigenvalue weighted by Crippen LogP contribution is -2.41. The van der Waals surface area contributed by atoms with Crippen molar-refractivity contribution in [1.82, 2.24) is 14.7 Å². The molecule has 5 nitrogen and oxygen atoms in total. The first-order valence-electron chi connectivity index (χ1n) is 7.00. The Hall–Kier alpha value is -1.36. The molecule has 19 heavy (non-hydrogen) atoms. The van der Waals surface area contributed by atoms with E-state index in [1.165, 1.54) is 0 Å². The number of hydrogen-bond acceptors (Lipinski definition) is 3. The van der Waals surface area contributed by atoms with Crippen molar-refractivity contribution in [3.05, 3.63) is 17.5 Å². The Morgan fingerprint density at radius 3 is 2.95 bits per heavy atom. The van der Waals surface area contributed by atoms with Gasteiger partial charge in [-0.15, -0.1) is 0 Å². The van der Waals surface area contributed by atoms with Crippen LogP contribution >= 0.6 is 0 Å². The average Bonchev–Trinajstić information content (AvgIpc) is 2.74. The van der Waals surface area contributed by atoms with Crippen LogP contribution in [0.1, 0.15) is 30.7 Å². The first-order valence-corrected chi connectivity index (χ1v) is 7.00. The molecule has 0 radical (unpaired) electrons. The number of aliphatic hydroxyl groups excluding tert-OH is 1. The Morgan fingerprint density at radius 2 is 2.32 bits per heavy atom. The van der Waals surface area contributed by atoms with Crippen LogP contribution in [0.25, 0.3) is 0 Å². The van der Waals surface area contributed by atoms with Gasteiger partial charge >= 0.3 is 0 Å². The fraction of sp³-hybridized carbons (Fsp3) is 0.714. The van der Waals surface area contributed by atoms with Crippen molar-refractivity contribution in [2.75, 3.05) is 19.7 Å². The van der Waals surface area contributed by atoms with Crippen molar-refractivity contribution in [2.24, 2.45) is 5.92 Å². The van der Waals surface area contributed by atoms with Crippen molar-refractivity contribution >= 4 is 5.91 Å². The topological polar surface area (TPSA) is 58.4 Å². The third-order valence-corrected chi connectivity index (χ3v) is 3.77. The summed E-state index contributed by atoms with van der Waals surface area (Å²) in [5.74, 6) is 0.428. The molecule has 0 saturated carbocycles. The van der Waals surface area contributed by atoms with E-state index in [0.717, 1.165) is 30.8 Å². The highest BCUT2D eigenvalue weighted by Gasteiger charge is 2.22. The molecule has 1 aliphatic rings. The molecule has 106 valence electrons. The summed E-state index contributed by atoms with van der Waals surface area (Å²) >= 11 is 0. The largest absolute Gasteiger partial charge is 0.396 e. The third kappa shape index (κ3) is 3.56. The zero-order valence-corrected chi connectivity index (χ0v) is 11.8. The molecule has 0 spiro atoms. The van der Waals surface area contributed by atoms with Crippen LogP contribution in [0, 0.1) is 19.8 Å². The summed E-state index contributed by atoms with van der Waals surface area (Å²) in [6.45, 7) is 6.31. The highest BCUT2D eigenvalue weighted by Crippen LogP contribution is 2.16. The van der Waals surface area contributed by atoms with Crippen LogP contribution in [0.2, 0.25) is 0 Å². The fourth-order valence-electron chi connectivity index (χ4n) is 2.70. The monoisotopic (exact) mass is 265 g/mol. The molecule has 1 unspecified atom stereocenters. The lowest BCUT2D eigenvalue weighted by molar-refractivity contribution is -0.133. The van der Waals surface area contributed by atoms with Gasteiger partial charge in [0, 0.05) is 38.4 Å². The molecule has 1 aromatic heterocycles. The van der Waals surface area contributed by atoms with Crippen molar-refractivity contribution in [1.29, 1.82) is 0 Å². The fourth-order valence-corrected chi connectivity index (χ4v) is 2.70. The van der Waals surface area contributed by atoms with Gasteiger partial charge in [0.05, 0.1) is 5.69 Å². The minimum Gasteiger partial charge on any atom is -0.396 e. The number of carbonyl (C=O) groups is 1. The van der Waals surface area contributed by atoms with Crippen LogP contribution in [0.3, 0.4) is 0 Å². The van der Waals surface area contributed by atoms with Gasteiger partial charge < -0.3 is 10.0 Å². The van der Waals surface area contributed by atoms with Gasteiger partial charge in [-0.05, 0) is 38.7 Å². The number of likely N-dealkylation sites (tertiary alicyclic amines) is 1. The van der Waals surface area contributed by atoms with Gasteiger partial charge in [-0.1, -0.05) is 0 Å². The summed E-state index contributed by atoms with van der Waals surface area (Å²) in [6, 6.07) is 2.02. The van der Waals surface area contributed by atoms with Crippen LogP contribution in [-0.2, 0) is 11.3 Å². The second-order valence-electron chi connectivity index (χ2n) is 5.43. The maximum absolute atomic E-state index is 12.2. The summed E-state index contributed by atoms with van der Waals surface area (Å²) in [7, 11) is 0. The van der Waals surface area contributed by atoms with Gasteiger partial charge in [0.1, 0.15) is 0 Å². The van der Waals surface area contributed by atoms with E-state index in [1.54, 1.807) is 0 Å². The molecule has 1 aromatic rings. The van der Waals surface area contributed by atoms with Gasteiger partial charge in [0.15, 0.2) is 0 Å². The molecule has 1 atom stereocenters. The molecule has 0 aromatic carbocycles. The van der Waals surface area contributed by atoms with Crippen molar-refractivity contribution in [2.45, 2.75) is 39.7 Å². The highest BCUT2D eigenvalue weighted by atomic mass is 16.3. The van der Waals surface area contributed by atoms with E-state index in [-0.39, 0.29) is 18.4 Å². The predicted octanol–water partition coefficient (Wildman–Crippen LogP) is 1.12. The number of amides is 1. The number of carbonyl (C=O) groups excluding carboxylic acids is 1. The molecule has 5 heteroatoms.